The molecular formula is C28H20FNO3S. The minimum atomic E-state index is -0.292. The molecule has 1 saturated heterocycles. The van der Waals surface area contributed by atoms with Gasteiger partial charge in [-0.3, -0.25) is 14.5 Å². The highest BCUT2D eigenvalue weighted by atomic mass is 32.2. The number of benzene rings is 4. The standard InChI is InChI=1S/C28H20FNO3S/c29-24-11-6-20(7-12-24)18-33-25-13-8-19(9-14-25)16-26-27(31)30(28(32)34-26)17-21-5-10-22-3-1-2-4-23(22)15-21/h1-16H,17-18H2. The fourth-order valence-corrected chi connectivity index (χ4v) is 4.55. The van der Waals surface area contributed by atoms with Crippen molar-refractivity contribution in [1.82, 2.24) is 4.90 Å². The molecule has 4 aromatic rings. The summed E-state index contributed by atoms with van der Waals surface area (Å²) in [4.78, 5) is 27.1. The summed E-state index contributed by atoms with van der Waals surface area (Å²) in [6, 6.07) is 27.4. The number of carbonyl (C=O) groups is 2. The predicted octanol–water partition coefficient (Wildman–Crippen LogP) is 6.79. The van der Waals surface area contributed by atoms with Crippen LogP contribution in [-0.2, 0) is 17.9 Å². The SMILES string of the molecule is O=C1SC(=Cc2ccc(OCc3ccc(F)cc3)cc2)C(=O)N1Cc1ccc2ccccc2c1. The van der Waals surface area contributed by atoms with Crippen LogP contribution in [0.4, 0.5) is 9.18 Å². The molecule has 2 amide bonds. The van der Waals surface area contributed by atoms with Crippen LogP contribution in [0.1, 0.15) is 16.7 Å². The number of hydrogen-bond donors (Lipinski definition) is 0. The second-order valence-corrected chi connectivity index (χ2v) is 8.93. The number of thioether (sulfide) groups is 1. The van der Waals surface area contributed by atoms with E-state index in [2.05, 4.69) is 0 Å². The third-order valence-electron chi connectivity index (χ3n) is 5.52. The van der Waals surface area contributed by atoms with Crippen LogP contribution in [0.25, 0.3) is 16.8 Å². The van der Waals surface area contributed by atoms with E-state index in [0.29, 0.717) is 17.3 Å². The summed E-state index contributed by atoms with van der Waals surface area (Å²) < 4.78 is 18.7. The minimum Gasteiger partial charge on any atom is -0.489 e. The zero-order chi connectivity index (χ0) is 23.5. The van der Waals surface area contributed by atoms with Crippen molar-refractivity contribution in [2.24, 2.45) is 0 Å². The molecule has 1 fully saturated rings. The Kier molecular flexibility index (Phi) is 6.14. The summed E-state index contributed by atoms with van der Waals surface area (Å²) in [6.45, 7) is 0.566. The second kappa shape index (κ2) is 9.53. The monoisotopic (exact) mass is 469 g/mol. The molecule has 0 bridgehead atoms. The lowest BCUT2D eigenvalue weighted by molar-refractivity contribution is -0.123. The van der Waals surface area contributed by atoms with E-state index in [1.165, 1.54) is 17.0 Å². The molecule has 0 saturated carbocycles. The fraction of sp³-hybridized carbons (Fsp3) is 0.0714. The summed E-state index contributed by atoms with van der Waals surface area (Å²) in [6.07, 6.45) is 1.72. The molecule has 0 unspecified atom stereocenters. The maximum absolute atomic E-state index is 13.0. The third kappa shape index (κ3) is 4.87. The molecule has 0 N–H and O–H groups in total. The quantitative estimate of drug-likeness (QED) is 0.292. The maximum atomic E-state index is 13.0. The molecule has 0 aromatic heterocycles. The van der Waals surface area contributed by atoms with E-state index in [9.17, 15) is 14.0 Å². The smallest absolute Gasteiger partial charge is 0.293 e. The van der Waals surface area contributed by atoms with Crippen LogP contribution in [0, 0.1) is 5.82 Å². The van der Waals surface area contributed by atoms with E-state index in [1.54, 1.807) is 30.3 Å². The highest BCUT2D eigenvalue weighted by Crippen LogP contribution is 2.34. The summed E-state index contributed by atoms with van der Waals surface area (Å²) in [7, 11) is 0. The van der Waals surface area contributed by atoms with Crippen molar-refractivity contribution in [3.8, 4) is 5.75 Å². The molecule has 4 nitrogen and oxygen atoms in total. The number of carbonyl (C=O) groups excluding carboxylic acids is 2. The summed E-state index contributed by atoms with van der Waals surface area (Å²) >= 11 is 0.949. The van der Waals surface area contributed by atoms with E-state index in [-0.39, 0.29) is 23.5 Å². The number of hydrogen-bond acceptors (Lipinski definition) is 4. The van der Waals surface area contributed by atoms with Crippen LogP contribution in [0.3, 0.4) is 0 Å². The van der Waals surface area contributed by atoms with Gasteiger partial charge in [0.2, 0.25) is 0 Å². The number of amides is 2. The van der Waals surface area contributed by atoms with E-state index in [0.717, 1.165) is 39.2 Å². The molecule has 1 aliphatic rings. The van der Waals surface area contributed by atoms with E-state index in [1.807, 2.05) is 54.6 Å². The first-order valence-electron chi connectivity index (χ1n) is 10.8. The van der Waals surface area contributed by atoms with Crippen molar-refractivity contribution in [1.29, 1.82) is 0 Å². The molecule has 1 heterocycles. The average molecular weight is 470 g/mol. The molecule has 34 heavy (non-hydrogen) atoms. The zero-order valence-electron chi connectivity index (χ0n) is 18.1. The van der Waals surface area contributed by atoms with Gasteiger partial charge in [0, 0.05) is 0 Å². The number of rotatable bonds is 6. The van der Waals surface area contributed by atoms with Gasteiger partial charge in [-0.2, -0.15) is 0 Å². The Labute approximate surface area is 200 Å². The van der Waals surface area contributed by atoms with Crippen LogP contribution >= 0.6 is 11.8 Å². The predicted molar refractivity (Wildman–Crippen MR) is 133 cm³/mol. The largest absolute Gasteiger partial charge is 0.489 e. The number of fused-ring (bicyclic) bond motifs is 1. The van der Waals surface area contributed by atoms with Gasteiger partial charge in [-0.05, 0) is 75.6 Å². The van der Waals surface area contributed by atoms with Crippen LogP contribution in [0.2, 0.25) is 0 Å². The van der Waals surface area contributed by atoms with Gasteiger partial charge in [-0.1, -0.05) is 60.7 Å². The van der Waals surface area contributed by atoms with E-state index in [4.69, 9.17) is 4.74 Å². The molecule has 168 valence electrons. The lowest BCUT2D eigenvalue weighted by Gasteiger charge is -2.13. The average Bonchev–Trinajstić information content (AvgIpc) is 3.12. The Hall–Kier alpha value is -3.90. The second-order valence-electron chi connectivity index (χ2n) is 7.93. The molecular weight excluding hydrogens is 449 g/mol. The van der Waals surface area contributed by atoms with Crippen LogP contribution in [-0.4, -0.2) is 16.0 Å². The van der Waals surface area contributed by atoms with E-state index < -0.39 is 0 Å². The highest BCUT2D eigenvalue weighted by Gasteiger charge is 2.35. The number of imide groups is 1. The number of ether oxygens (including phenoxy) is 1. The van der Waals surface area contributed by atoms with Gasteiger partial charge in [0.1, 0.15) is 18.2 Å². The van der Waals surface area contributed by atoms with Gasteiger partial charge in [0.15, 0.2) is 0 Å². The highest BCUT2D eigenvalue weighted by molar-refractivity contribution is 8.18. The number of nitrogens with zero attached hydrogens (tertiary/aromatic N) is 1. The molecule has 0 atom stereocenters. The summed E-state index contributed by atoms with van der Waals surface area (Å²) in [5.74, 6) is 0.0838. The Morgan fingerprint density at radius 2 is 1.53 bits per heavy atom. The Balaban J connectivity index is 1.25. The van der Waals surface area contributed by atoms with Crippen LogP contribution in [0.5, 0.6) is 5.75 Å². The Bertz CT molecular complexity index is 1400. The Morgan fingerprint density at radius 3 is 2.29 bits per heavy atom. The minimum absolute atomic E-state index is 0.239. The van der Waals surface area contributed by atoms with Gasteiger partial charge in [-0.15, -0.1) is 0 Å². The van der Waals surface area contributed by atoms with Gasteiger partial charge in [0.05, 0.1) is 11.4 Å². The van der Waals surface area contributed by atoms with Crippen molar-refractivity contribution in [3.05, 3.63) is 118 Å². The van der Waals surface area contributed by atoms with Crippen LogP contribution < -0.4 is 4.74 Å². The van der Waals surface area contributed by atoms with E-state index >= 15 is 0 Å². The topological polar surface area (TPSA) is 46.6 Å². The maximum Gasteiger partial charge on any atom is 0.293 e. The molecule has 4 aromatic carbocycles. The van der Waals surface area contributed by atoms with Gasteiger partial charge in [-0.25, -0.2) is 4.39 Å². The van der Waals surface area contributed by atoms with Crippen LogP contribution in [0.15, 0.2) is 95.9 Å². The van der Waals surface area contributed by atoms with Crippen molar-refractivity contribution in [2.45, 2.75) is 13.2 Å². The van der Waals surface area contributed by atoms with Gasteiger partial charge >= 0.3 is 0 Å². The van der Waals surface area contributed by atoms with Crippen molar-refractivity contribution in [2.75, 3.05) is 0 Å². The summed E-state index contributed by atoms with van der Waals surface area (Å²) in [5, 5.41) is 1.92. The van der Waals surface area contributed by atoms with Crippen molar-refractivity contribution in [3.63, 3.8) is 0 Å². The van der Waals surface area contributed by atoms with Crippen molar-refractivity contribution < 1.29 is 18.7 Å². The Morgan fingerprint density at radius 1 is 0.824 bits per heavy atom. The lowest BCUT2D eigenvalue weighted by Crippen LogP contribution is -2.27. The molecule has 0 aliphatic carbocycles. The van der Waals surface area contributed by atoms with Gasteiger partial charge < -0.3 is 4.74 Å². The number of halogens is 1. The third-order valence-corrected chi connectivity index (χ3v) is 6.43. The first-order valence-corrected chi connectivity index (χ1v) is 11.6. The first-order chi connectivity index (χ1) is 16.5. The van der Waals surface area contributed by atoms with Gasteiger partial charge in [0.25, 0.3) is 11.1 Å². The fourth-order valence-electron chi connectivity index (χ4n) is 3.71. The molecule has 5 rings (SSSR count). The summed E-state index contributed by atoms with van der Waals surface area (Å²) in [5.41, 5.74) is 2.57. The first kappa shape index (κ1) is 21.9. The molecule has 0 spiro atoms. The molecule has 6 heteroatoms. The molecule has 0 radical (unpaired) electrons. The zero-order valence-corrected chi connectivity index (χ0v) is 18.9. The van der Waals surface area contributed by atoms with Crippen molar-refractivity contribution >= 4 is 39.8 Å². The molecule has 1 aliphatic heterocycles. The lowest BCUT2D eigenvalue weighted by atomic mass is 10.1. The normalized spacial score (nSPS) is 14.9.